The zero-order valence-corrected chi connectivity index (χ0v) is 19.3. The van der Waals surface area contributed by atoms with Crippen molar-refractivity contribution in [2.45, 2.75) is 83.3 Å². The lowest BCUT2D eigenvalue weighted by molar-refractivity contribution is -0.202. The minimum absolute atomic E-state index is 0.00433. The van der Waals surface area contributed by atoms with Gasteiger partial charge in [0.05, 0.1) is 18.9 Å². The molecule has 0 bridgehead atoms. The topological polar surface area (TPSA) is 138 Å². The summed E-state index contributed by atoms with van der Waals surface area (Å²) in [5, 5.41) is 30.2. The first-order valence-electron chi connectivity index (χ1n) is 12.0. The van der Waals surface area contributed by atoms with E-state index in [4.69, 9.17) is 9.84 Å². The van der Waals surface area contributed by atoms with Crippen LogP contribution in [-0.2, 0) is 23.9 Å². The molecule has 3 fully saturated rings. The Morgan fingerprint density at radius 1 is 1.12 bits per heavy atom. The summed E-state index contributed by atoms with van der Waals surface area (Å²) in [6.45, 7) is 3.23. The number of Topliss-reactive ketones (excluding diaryl/α,β-unsaturated/α-hetero) is 1. The van der Waals surface area contributed by atoms with Crippen LogP contribution in [0.25, 0.3) is 0 Å². The van der Waals surface area contributed by atoms with Crippen LogP contribution in [0.1, 0.15) is 71.6 Å². The highest BCUT2D eigenvalue weighted by Crippen LogP contribution is 2.68. The summed E-state index contributed by atoms with van der Waals surface area (Å²) < 4.78 is 5.77. The standard InChI is InChI=1S/C25H34O8/c1-23-9-7-15(27)11-14(23)3-4-16-17-8-10-25(19(29)13-26,33-21(32)6-5-20(30)31)24(17,2)12-18(28)22(16)23/h11,16-18,22,26,28H,3-10,12-13H2,1-2H3,(H,30,31)/t16-,17-,18-,22+,23-,24-,25-/m0/s1. The number of allylic oxidation sites excluding steroid dienone is 1. The van der Waals surface area contributed by atoms with E-state index >= 15 is 0 Å². The van der Waals surface area contributed by atoms with Crippen molar-refractivity contribution >= 4 is 23.5 Å². The number of ketones is 2. The number of aliphatic hydroxyl groups excluding tert-OH is 2. The molecule has 4 aliphatic rings. The SMILES string of the molecule is C[C@]12CCC(=O)C=C1CC[C@@H]1[C@@H]2[C@@H](O)C[C@@]2(C)[C@H]1CC[C@]2(OC(=O)CCC(=O)O)C(=O)CO. The molecule has 8 heteroatoms. The molecule has 7 atom stereocenters. The second-order valence-corrected chi connectivity index (χ2v) is 10.9. The zero-order valence-electron chi connectivity index (χ0n) is 19.3. The average molecular weight is 463 g/mol. The van der Waals surface area contributed by atoms with Gasteiger partial charge in [-0.05, 0) is 67.8 Å². The molecule has 0 radical (unpaired) electrons. The van der Waals surface area contributed by atoms with Gasteiger partial charge in [0.2, 0.25) is 5.78 Å². The van der Waals surface area contributed by atoms with Gasteiger partial charge < -0.3 is 20.1 Å². The number of carbonyl (C=O) groups is 4. The third-order valence-electron chi connectivity index (χ3n) is 9.44. The summed E-state index contributed by atoms with van der Waals surface area (Å²) in [4.78, 5) is 48.6. The monoisotopic (exact) mass is 462 g/mol. The molecule has 0 heterocycles. The van der Waals surface area contributed by atoms with Crippen LogP contribution in [0.3, 0.4) is 0 Å². The first kappa shape index (κ1) is 24.1. The summed E-state index contributed by atoms with van der Waals surface area (Å²) in [5.74, 6) is -2.31. The van der Waals surface area contributed by atoms with Gasteiger partial charge in [0.15, 0.2) is 11.4 Å². The van der Waals surface area contributed by atoms with Gasteiger partial charge in [0.25, 0.3) is 0 Å². The van der Waals surface area contributed by atoms with Gasteiger partial charge in [0, 0.05) is 11.8 Å². The first-order chi connectivity index (χ1) is 15.5. The van der Waals surface area contributed by atoms with Crippen molar-refractivity contribution < 1.29 is 39.2 Å². The van der Waals surface area contributed by atoms with E-state index in [0.717, 1.165) is 18.4 Å². The Morgan fingerprint density at radius 3 is 2.52 bits per heavy atom. The largest absolute Gasteiger partial charge is 0.481 e. The van der Waals surface area contributed by atoms with Crippen molar-refractivity contribution in [3.8, 4) is 0 Å². The zero-order chi connectivity index (χ0) is 24.2. The van der Waals surface area contributed by atoms with Gasteiger partial charge in [-0.15, -0.1) is 0 Å². The highest BCUT2D eigenvalue weighted by molar-refractivity contribution is 5.93. The number of esters is 1. The molecule has 3 saturated carbocycles. The molecule has 4 rings (SSSR count). The van der Waals surface area contributed by atoms with E-state index in [1.54, 1.807) is 6.08 Å². The molecular weight excluding hydrogens is 428 g/mol. The van der Waals surface area contributed by atoms with E-state index < -0.39 is 47.9 Å². The summed E-state index contributed by atoms with van der Waals surface area (Å²) >= 11 is 0. The lowest BCUT2D eigenvalue weighted by Gasteiger charge is -2.60. The van der Waals surface area contributed by atoms with Crippen LogP contribution in [0.15, 0.2) is 11.6 Å². The van der Waals surface area contributed by atoms with Crippen LogP contribution in [0.5, 0.6) is 0 Å². The molecule has 0 spiro atoms. The molecule has 0 aliphatic heterocycles. The highest BCUT2D eigenvalue weighted by Gasteiger charge is 2.70. The highest BCUT2D eigenvalue weighted by atomic mass is 16.6. The van der Waals surface area contributed by atoms with Crippen molar-refractivity contribution in [3.63, 3.8) is 0 Å². The molecule has 0 aromatic heterocycles. The number of carbonyl (C=O) groups excluding carboxylic acids is 3. The lowest BCUT2D eigenvalue weighted by Crippen LogP contribution is -2.63. The quantitative estimate of drug-likeness (QED) is 0.511. The minimum Gasteiger partial charge on any atom is -0.481 e. The smallest absolute Gasteiger partial charge is 0.307 e. The summed E-state index contributed by atoms with van der Waals surface area (Å²) in [7, 11) is 0. The van der Waals surface area contributed by atoms with Gasteiger partial charge in [-0.2, -0.15) is 0 Å². The van der Waals surface area contributed by atoms with Crippen molar-refractivity contribution in [2.75, 3.05) is 6.61 Å². The van der Waals surface area contributed by atoms with Gasteiger partial charge >= 0.3 is 11.9 Å². The third-order valence-corrected chi connectivity index (χ3v) is 9.44. The van der Waals surface area contributed by atoms with Crippen LogP contribution in [0.2, 0.25) is 0 Å². The molecule has 0 aromatic carbocycles. The molecule has 8 nitrogen and oxygen atoms in total. The molecule has 3 N–H and O–H groups in total. The summed E-state index contributed by atoms with van der Waals surface area (Å²) in [5.41, 5.74) is -1.61. The number of aliphatic hydroxyl groups is 2. The van der Waals surface area contributed by atoms with Crippen LogP contribution in [0.4, 0.5) is 0 Å². The third kappa shape index (κ3) is 3.57. The van der Waals surface area contributed by atoms with E-state index in [2.05, 4.69) is 6.92 Å². The Hall–Kier alpha value is -2.06. The number of ether oxygens (including phenoxy) is 1. The minimum atomic E-state index is -1.58. The fourth-order valence-electron chi connectivity index (χ4n) is 7.94. The summed E-state index contributed by atoms with van der Waals surface area (Å²) in [6, 6.07) is 0. The molecule has 0 saturated heterocycles. The van der Waals surface area contributed by atoms with E-state index in [9.17, 15) is 29.4 Å². The van der Waals surface area contributed by atoms with E-state index in [-0.39, 0.29) is 48.2 Å². The molecule has 0 unspecified atom stereocenters. The van der Waals surface area contributed by atoms with Gasteiger partial charge in [-0.1, -0.05) is 19.4 Å². The van der Waals surface area contributed by atoms with Gasteiger partial charge in [-0.3, -0.25) is 19.2 Å². The second-order valence-electron chi connectivity index (χ2n) is 10.9. The number of hydrogen-bond donors (Lipinski definition) is 3. The Labute approximate surface area is 193 Å². The fraction of sp³-hybridized carbons (Fsp3) is 0.760. The van der Waals surface area contributed by atoms with Crippen LogP contribution >= 0.6 is 0 Å². The van der Waals surface area contributed by atoms with E-state index in [1.165, 1.54) is 0 Å². The fourth-order valence-corrected chi connectivity index (χ4v) is 7.94. The number of carboxylic acids is 1. The number of hydrogen-bond acceptors (Lipinski definition) is 7. The van der Waals surface area contributed by atoms with Gasteiger partial charge in [-0.25, -0.2) is 0 Å². The van der Waals surface area contributed by atoms with E-state index in [1.807, 2.05) is 6.92 Å². The number of carboxylic acid groups (broad SMARTS) is 1. The Kier molecular flexibility index (Phi) is 6.06. The maximum absolute atomic E-state index is 13.1. The molecule has 0 aromatic rings. The molecule has 4 aliphatic carbocycles. The predicted octanol–water partition coefficient (Wildman–Crippen LogP) is 2.20. The Morgan fingerprint density at radius 2 is 1.85 bits per heavy atom. The first-order valence-corrected chi connectivity index (χ1v) is 12.0. The van der Waals surface area contributed by atoms with Crippen LogP contribution in [-0.4, -0.2) is 57.1 Å². The Bertz CT molecular complexity index is 908. The lowest BCUT2D eigenvalue weighted by atomic mass is 9.45. The molecule has 0 amide bonds. The maximum Gasteiger partial charge on any atom is 0.307 e. The van der Waals surface area contributed by atoms with Crippen molar-refractivity contribution in [2.24, 2.45) is 28.6 Å². The van der Waals surface area contributed by atoms with Crippen LogP contribution < -0.4 is 0 Å². The molecule has 33 heavy (non-hydrogen) atoms. The second kappa shape index (κ2) is 8.31. The van der Waals surface area contributed by atoms with Crippen molar-refractivity contribution in [3.05, 3.63) is 11.6 Å². The number of rotatable bonds is 6. The predicted molar refractivity (Wildman–Crippen MR) is 116 cm³/mol. The normalized spacial score (nSPS) is 41.9. The number of fused-ring (bicyclic) bond motifs is 5. The van der Waals surface area contributed by atoms with Crippen LogP contribution in [0, 0.1) is 28.6 Å². The molecular formula is C25H34O8. The summed E-state index contributed by atoms with van der Waals surface area (Å²) in [6.07, 6.45) is 4.08. The van der Waals surface area contributed by atoms with E-state index in [0.29, 0.717) is 19.3 Å². The Balaban J connectivity index is 1.68. The molecule has 182 valence electrons. The van der Waals surface area contributed by atoms with Crippen molar-refractivity contribution in [1.29, 1.82) is 0 Å². The van der Waals surface area contributed by atoms with Crippen molar-refractivity contribution in [1.82, 2.24) is 0 Å². The maximum atomic E-state index is 13.1. The average Bonchev–Trinajstić information content (AvgIpc) is 3.04. The number of aliphatic carboxylic acids is 1. The van der Waals surface area contributed by atoms with Gasteiger partial charge in [0.1, 0.15) is 6.61 Å².